The van der Waals surface area contributed by atoms with Crippen LogP contribution in [0.5, 0.6) is 0 Å². The van der Waals surface area contributed by atoms with E-state index in [2.05, 4.69) is 18.6 Å². The van der Waals surface area contributed by atoms with Gasteiger partial charge in [-0.1, -0.05) is 26.7 Å². The fraction of sp³-hybridized carbons (Fsp3) is 0.857. The summed E-state index contributed by atoms with van der Waals surface area (Å²) in [5.74, 6) is 0.665. The van der Waals surface area contributed by atoms with Crippen molar-refractivity contribution in [3.05, 3.63) is 0 Å². The Bertz CT molecular complexity index is 296. The number of nitrogens with zero attached hydrogens (tertiary/aromatic N) is 1. The Morgan fingerprint density at radius 2 is 1.90 bits per heavy atom. The van der Waals surface area contributed by atoms with E-state index >= 15 is 0 Å². The number of carbonyl (C=O) groups excluding carboxylic acids is 2. The monoisotopic (exact) mass is 304 g/mol. The highest BCUT2D eigenvalue weighted by Crippen LogP contribution is 2.12. The lowest BCUT2D eigenvalue weighted by Gasteiger charge is -2.28. The third-order valence-corrected chi connectivity index (χ3v) is 4.09. The Hall–Kier alpha value is -0.750. The van der Waals surface area contributed by atoms with Crippen molar-refractivity contribution in [1.82, 2.24) is 4.90 Å². The van der Waals surface area contributed by atoms with Crippen molar-refractivity contribution in [1.29, 1.82) is 0 Å². The SMILES string of the molecule is CCC(CC)CN(CC(=O)OC)C(=O)[C@@H](N)CCSC. The molecular weight excluding hydrogens is 276 g/mol. The van der Waals surface area contributed by atoms with Crippen molar-refractivity contribution >= 4 is 23.6 Å². The minimum atomic E-state index is -0.540. The van der Waals surface area contributed by atoms with Crippen LogP contribution in [0.3, 0.4) is 0 Å². The number of hydrogen-bond acceptors (Lipinski definition) is 5. The number of amides is 1. The van der Waals surface area contributed by atoms with Crippen LogP contribution >= 0.6 is 11.8 Å². The summed E-state index contributed by atoms with van der Waals surface area (Å²) in [7, 11) is 1.33. The molecule has 0 fully saturated rings. The molecule has 0 aliphatic rings. The largest absolute Gasteiger partial charge is 0.468 e. The first-order valence-corrected chi connectivity index (χ1v) is 8.49. The lowest BCUT2D eigenvalue weighted by Crippen LogP contribution is -2.48. The van der Waals surface area contributed by atoms with Gasteiger partial charge in [0.25, 0.3) is 0 Å². The maximum atomic E-state index is 12.4. The minimum absolute atomic E-state index is 0.0151. The van der Waals surface area contributed by atoms with Crippen LogP contribution in [0.2, 0.25) is 0 Å². The molecule has 0 rings (SSSR count). The molecule has 0 heterocycles. The predicted molar refractivity (Wildman–Crippen MR) is 83.6 cm³/mol. The Balaban J connectivity index is 4.72. The Morgan fingerprint density at radius 3 is 2.35 bits per heavy atom. The standard InChI is InChI=1S/C14H28N2O3S/c1-5-11(6-2)9-16(10-13(17)19-3)14(18)12(15)7-8-20-4/h11-12H,5-10,15H2,1-4H3/t12-/m0/s1. The number of rotatable bonds is 10. The summed E-state index contributed by atoms with van der Waals surface area (Å²) in [4.78, 5) is 25.4. The van der Waals surface area contributed by atoms with E-state index in [0.29, 0.717) is 18.9 Å². The highest BCUT2D eigenvalue weighted by molar-refractivity contribution is 7.98. The van der Waals surface area contributed by atoms with Crippen LogP contribution < -0.4 is 5.73 Å². The summed E-state index contributed by atoms with van der Waals surface area (Å²) in [6.07, 6.45) is 4.55. The van der Waals surface area contributed by atoms with Crippen molar-refractivity contribution in [3.63, 3.8) is 0 Å². The molecule has 0 unspecified atom stereocenters. The Morgan fingerprint density at radius 1 is 1.30 bits per heavy atom. The van der Waals surface area contributed by atoms with Gasteiger partial charge in [-0.05, 0) is 24.3 Å². The first-order chi connectivity index (χ1) is 9.49. The van der Waals surface area contributed by atoms with E-state index in [0.717, 1.165) is 18.6 Å². The van der Waals surface area contributed by atoms with Crippen molar-refractivity contribution in [2.75, 3.05) is 32.2 Å². The molecule has 0 aliphatic heterocycles. The molecule has 2 N–H and O–H groups in total. The fourth-order valence-corrected chi connectivity index (χ4v) is 2.40. The quantitative estimate of drug-likeness (QED) is 0.619. The predicted octanol–water partition coefficient (Wildman–Crippen LogP) is 1.50. The zero-order valence-electron chi connectivity index (χ0n) is 13.1. The van der Waals surface area contributed by atoms with Crippen LogP contribution in [0.25, 0.3) is 0 Å². The second-order valence-electron chi connectivity index (χ2n) is 4.87. The van der Waals surface area contributed by atoms with Gasteiger partial charge in [-0.3, -0.25) is 9.59 Å². The van der Waals surface area contributed by atoms with Gasteiger partial charge in [0.15, 0.2) is 0 Å². The third-order valence-electron chi connectivity index (χ3n) is 3.44. The average Bonchev–Trinajstić information content (AvgIpc) is 2.47. The second-order valence-corrected chi connectivity index (χ2v) is 5.85. The second kappa shape index (κ2) is 11.0. The highest BCUT2D eigenvalue weighted by atomic mass is 32.2. The van der Waals surface area contributed by atoms with E-state index in [4.69, 9.17) is 5.73 Å². The number of ether oxygens (including phenoxy) is 1. The van der Waals surface area contributed by atoms with Gasteiger partial charge in [-0.2, -0.15) is 11.8 Å². The summed E-state index contributed by atoms with van der Waals surface area (Å²) in [6.45, 7) is 4.72. The van der Waals surface area contributed by atoms with E-state index in [9.17, 15) is 9.59 Å². The molecule has 118 valence electrons. The van der Waals surface area contributed by atoms with Gasteiger partial charge in [-0.15, -0.1) is 0 Å². The molecule has 20 heavy (non-hydrogen) atoms. The summed E-state index contributed by atoms with van der Waals surface area (Å²) in [6, 6.07) is -0.540. The number of hydrogen-bond donors (Lipinski definition) is 1. The van der Waals surface area contributed by atoms with E-state index < -0.39 is 12.0 Å². The summed E-state index contributed by atoms with van der Waals surface area (Å²) in [5, 5.41) is 0. The van der Waals surface area contributed by atoms with Crippen LogP contribution in [-0.2, 0) is 14.3 Å². The molecule has 0 saturated heterocycles. The van der Waals surface area contributed by atoms with Gasteiger partial charge in [0, 0.05) is 6.54 Å². The first-order valence-electron chi connectivity index (χ1n) is 7.10. The van der Waals surface area contributed by atoms with Crippen molar-refractivity contribution in [2.24, 2.45) is 11.7 Å². The van der Waals surface area contributed by atoms with Gasteiger partial charge in [-0.25, -0.2) is 0 Å². The zero-order valence-corrected chi connectivity index (χ0v) is 13.9. The molecule has 0 spiro atoms. The molecule has 0 aromatic rings. The Labute approximate surface area is 126 Å². The summed E-state index contributed by atoms with van der Waals surface area (Å²) >= 11 is 1.66. The Kier molecular flexibility index (Phi) is 10.6. The number of methoxy groups -OCH3 is 1. The topological polar surface area (TPSA) is 72.6 Å². The number of nitrogens with two attached hydrogens (primary N) is 1. The van der Waals surface area contributed by atoms with E-state index in [-0.39, 0.29) is 12.5 Å². The van der Waals surface area contributed by atoms with Crippen molar-refractivity contribution in [3.8, 4) is 0 Å². The third kappa shape index (κ3) is 7.14. The van der Waals surface area contributed by atoms with Gasteiger partial charge in [0.1, 0.15) is 6.54 Å². The average molecular weight is 304 g/mol. The van der Waals surface area contributed by atoms with Crippen LogP contribution in [0.1, 0.15) is 33.1 Å². The molecule has 0 radical (unpaired) electrons. The zero-order chi connectivity index (χ0) is 15.5. The molecule has 5 nitrogen and oxygen atoms in total. The highest BCUT2D eigenvalue weighted by Gasteiger charge is 2.24. The van der Waals surface area contributed by atoms with Crippen LogP contribution in [0, 0.1) is 5.92 Å². The molecule has 0 saturated carbocycles. The smallest absolute Gasteiger partial charge is 0.325 e. The normalized spacial score (nSPS) is 12.3. The molecule has 1 amide bonds. The van der Waals surface area contributed by atoms with E-state index in [1.807, 2.05) is 6.26 Å². The summed E-state index contributed by atoms with van der Waals surface area (Å²) < 4.78 is 4.66. The molecule has 0 aliphatic carbocycles. The van der Waals surface area contributed by atoms with Crippen molar-refractivity contribution in [2.45, 2.75) is 39.2 Å². The van der Waals surface area contributed by atoms with Gasteiger partial charge in [0.2, 0.25) is 5.91 Å². The molecule has 6 heteroatoms. The molecule has 1 atom stereocenters. The number of esters is 1. The maximum Gasteiger partial charge on any atom is 0.325 e. The van der Waals surface area contributed by atoms with Crippen LogP contribution in [-0.4, -0.2) is 55.0 Å². The maximum absolute atomic E-state index is 12.4. The molecule has 0 aromatic carbocycles. The first kappa shape index (κ1) is 19.2. The van der Waals surface area contributed by atoms with Gasteiger partial charge in [0.05, 0.1) is 13.2 Å². The number of thioether (sulfide) groups is 1. The van der Waals surface area contributed by atoms with Gasteiger partial charge >= 0.3 is 5.97 Å². The van der Waals surface area contributed by atoms with E-state index in [1.165, 1.54) is 7.11 Å². The molecule has 0 bridgehead atoms. The minimum Gasteiger partial charge on any atom is -0.468 e. The van der Waals surface area contributed by atoms with Gasteiger partial charge < -0.3 is 15.4 Å². The van der Waals surface area contributed by atoms with Crippen LogP contribution in [0.4, 0.5) is 0 Å². The molecular formula is C14H28N2O3S. The van der Waals surface area contributed by atoms with E-state index in [1.54, 1.807) is 16.7 Å². The molecule has 0 aromatic heterocycles. The lowest BCUT2D eigenvalue weighted by molar-refractivity contribution is -0.147. The fourth-order valence-electron chi connectivity index (χ4n) is 1.91. The lowest BCUT2D eigenvalue weighted by atomic mass is 10.0. The summed E-state index contributed by atoms with van der Waals surface area (Å²) in [5.41, 5.74) is 5.92. The van der Waals surface area contributed by atoms with Crippen molar-refractivity contribution < 1.29 is 14.3 Å². The van der Waals surface area contributed by atoms with Crippen LogP contribution in [0.15, 0.2) is 0 Å². The number of carbonyl (C=O) groups is 2.